The molecule has 0 spiro atoms. The summed E-state index contributed by atoms with van der Waals surface area (Å²) in [7, 11) is 3.68. The molecule has 0 atom stereocenters. The van der Waals surface area contributed by atoms with E-state index < -0.39 is 0 Å². The normalized spacial score (nSPS) is 11.3. The number of hydrogen-bond acceptors (Lipinski definition) is 3. The summed E-state index contributed by atoms with van der Waals surface area (Å²) in [5.74, 6) is -0.158. The van der Waals surface area contributed by atoms with Gasteiger partial charge < -0.3 is 4.90 Å². The van der Waals surface area contributed by atoms with Gasteiger partial charge in [0.2, 0.25) is 5.78 Å². The second-order valence-electron chi connectivity index (χ2n) is 3.99. The van der Waals surface area contributed by atoms with Crippen molar-refractivity contribution in [2.24, 2.45) is 0 Å². The Labute approximate surface area is 114 Å². The van der Waals surface area contributed by atoms with Gasteiger partial charge in [-0.2, -0.15) is 0 Å². The van der Waals surface area contributed by atoms with E-state index in [0.717, 1.165) is 0 Å². The average Bonchev–Trinajstić information content (AvgIpc) is 2.69. The Morgan fingerprint density at radius 2 is 2.17 bits per heavy atom. The SMILES string of the molecule is CN(C)C=CC(=O)c1cnc2c(Cl)cc(Cl)cn12. The third-order valence-electron chi connectivity index (χ3n) is 2.30. The molecule has 0 aromatic carbocycles. The summed E-state index contributed by atoms with van der Waals surface area (Å²) in [6.07, 6.45) is 6.25. The lowest BCUT2D eigenvalue weighted by Crippen LogP contribution is -2.05. The van der Waals surface area contributed by atoms with Gasteiger partial charge in [-0.1, -0.05) is 23.2 Å². The maximum Gasteiger partial charge on any atom is 0.205 e. The number of imidazole rings is 1. The highest BCUT2D eigenvalue weighted by atomic mass is 35.5. The molecule has 2 aromatic rings. The molecule has 0 amide bonds. The lowest BCUT2D eigenvalue weighted by Gasteiger charge is -2.03. The van der Waals surface area contributed by atoms with E-state index in [2.05, 4.69) is 4.98 Å². The van der Waals surface area contributed by atoms with Crippen molar-refractivity contribution in [2.45, 2.75) is 0 Å². The minimum Gasteiger partial charge on any atom is -0.383 e. The molecule has 0 N–H and O–H groups in total. The highest BCUT2D eigenvalue weighted by molar-refractivity contribution is 6.36. The van der Waals surface area contributed by atoms with Crippen molar-refractivity contribution in [3.05, 3.63) is 46.5 Å². The van der Waals surface area contributed by atoms with Crippen LogP contribution in [-0.4, -0.2) is 34.2 Å². The Morgan fingerprint density at radius 1 is 1.44 bits per heavy atom. The molecule has 0 aliphatic carbocycles. The molecule has 0 unspecified atom stereocenters. The maximum absolute atomic E-state index is 12.0. The van der Waals surface area contributed by atoms with Crippen LogP contribution in [-0.2, 0) is 0 Å². The predicted molar refractivity (Wildman–Crippen MR) is 72.4 cm³/mol. The summed E-state index contributed by atoms with van der Waals surface area (Å²) in [6, 6.07) is 1.59. The number of nitrogens with zero attached hydrogens (tertiary/aromatic N) is 3. The van der Waals surface area contributed by atoms with E-state index in [1.54, 1.807) is 27.8 Å². The molecule has 18 heavy (non-hydrogen) atoms. The molecule has 0 aliphatic heterocycles. The number of carbonyl (C=O) groups is 1. The molecular weight excluding hydrogens is 273 g/mol. The van der Waals surface area contributed by atoms with Gasteiger partial charge in [0.25, 0.3) is 0 Å². The van der Waals surface area contributed by atoms with Gasteiger partial charge in [-0.3, -0.25) is 9.20 Å². The molecule has 6 heteroatoms. The van der Waals surface area contributed by atoms with E-state index in [0.29, 0.717) is 21.4 Å². The molecule has 2 aromatic heterocycles. The molecule has 0 saturated carbocycles. The fraction of sp³-hybridized carbons (Fsp3) is 0.167. The van der Waals surface area contributed by atoms with Crippen molar-refractivity contribution in [2.75, 3.05) is 14.1 Å². The van der Waals surface area contributed by atoms with Crippen molar-refractivity contribution in [1.29, 1.82) is 0 Å². The molecule has 2 heterocycles. The second kappa shape index (κ2) is 5.00. The van der Waals surface area contributed by atoms with Gasteiger partial charge in [-0.05, 0) is 6.07 Å². The summed E-state index contributed by atoms with van der Waals surface area (Å²) in [6.45, 7) is 0. The van der Waals surface area contributed by atoms with Crippen LogP contribution < -0.4 is 0 Å². The summed E-state index contributed by atoms with van der Waals surface area (Å²) in [5.41, 5.74) is 0.940. The van der Waals surface area contributed by atoms with E-state index in [4.69, 9.17) is 23.2 Å². The summed E-state index contributed by atoms with van der Waals surface area (Å²) >= 11 is 11.9. The summed E-state index contributed by atoms with van der Waals surface area (Å²) in [4.78, 5) is 17.9. The average molecular weight is 284 g/mol. The van der Waals surface area contributed by atoms with Gasteiger partial charge in [0, 0.05) is 32.6 Å². The first-order chi connectivity index (χ1) is 8.49. The van der Waals surface area contributed by atoms with Crippen LogP contribution in [0.25, 0.3) is 5.65 Å². The zero-order chi connectivity index (χ0) is 13.3. The molecular formula is C12H11Cl2N3O. The van der Waals surface area contributed by atoms with Gasteiger partial charge >= 0.3 is 0 Å². The molecule has 4 nitrogen and oxygen atoms in total. The number of halogens is 2. The molecule has 2 rings (SSSR count). The Hall–Kier alpha value is -1.52. The van der Waals surface area contributed by atoms with E-state index in [1.165, 1.54) is 12.3 Å². The zero-order valence-electron chi connectivity index (χ0n) is 9.89. The van der Waals surface area contributed by atoms with E-state index >= 15 is 0 Å². The van der Waals surface area contributed by atoms with Crippen molar-refractivity contribution in [3.8, 4) is 0 Å². The standard InChI is InChI=1S/C12H11Cl2N3O/c1-16(2)4-3-11(18)10-6-15-12-9(14)5-8(13)7-17(10)12/h3-7H,1-2H3. The van der Waals surface area contributed by atoms with E-state index in [9.17, 15) is 4.79 Å². The van der Waals surface area contributed by atoms with Crippen molar-refractivity contribution >= 4 is 34.6 Å². The number of rotatable bonds is 3. The molecule has 0 saturated heterocycles. The lowest BCUT2D eigenvalue weighted by atomic mass is 10.3. The van der Waals surface area contributed by atoms with Crippen LogP contribution in [0.2, 0.25) is 10.0 Å². The largest absolute Gasteiger partial charge is 0.383 e. The van der Waals surface area contributed by atoms with Crippen LogP contribution >= 0.6 is 23.2 Å². The lowest BCUT2D eigenvalue weighted by molar-refractivity contribution is 0.104. The molecule has 0 aliphatic rings. The van der Waals surface area contributed by atoms with Gasteiger partial charge in [0.15, 0.2) is 5.65 Å². The molecule has 0 fully saturated rings. The summed E-state index contributed by atoms with van der Waals surface area (Å²) in [5, 5.41) is 0.870. The minimum atomic E-state index is -0.158. The maximum atomic E-state index is 12.0. The molecule has 0 bridgehead atoms. The number of pyridine rings is 1. The first kappa shape index (κ1) is 12.9. The number of allylic oxidation sites excluding steroid dienone is 1. The fourth-order valence-electron chi connectivity index (χ4n) is 1.50. The van der Waals surface area contributed by atoms with Crippen molar-refractivity contribution in [3.63, 3.8) is 0 Å². The Bertz CT molecular complexity index is 632. The van der Waals surface area contributed by atoms with Crippen LogP contribution in [0.1, 0.15) is 10.5 Å². The number of carbonyl (C=O) groups excluding carboxylic acids is 1. The van der Waals surface area contributed by atoms with Crippen LogP contribution in [0.5, 0.6) is 0 Å². The minimum absolute atomic E-state index is 0.158. The number of aromatic nitrogens is 2. The van der Waals surface area contributed by atoms with Gasteiger partial charge in [0.1, 0.15) is 5.69 Å². The van der Waals surface area contributed by atoms with Crippen LogP contribution in [0.4, 0.5) is 0 Å². The molecule has 0 radical (unpaired) electrons. The highest BCUT2D eigenvalue weighted by Gasteiger charge is 2.12. The van der Waals surface area contributed by atoms with Gasteiger partial charge in [-0.15, -0.1) is 0 Å². The fourth-order valence-corrected chi connectivity index (χ4v) is 2.02. The summed E-state index contributed by atoms with van der Waals surface area (Å²) < 4.78 is 1.59. The van der Waals surface area contributed by atoms with Crippen molar-refractivity contribution < 1.29 is 4.79 Å². The van der Waals surface area contributed by atoms with E-state index in [-0.39, 0.29) is 5.78 Å². The van der Waals surface area contributed by atoms with Gasteiger partial charge in [0.05, 0.1) is 16.2 Å². The van der Waals surface area contributed by atoms with Crippen LogP contribution in [0, 0.1) is 0 Å². The van der Waals surface area contributed by atoms with Gasteiger partial charge in [-0.25, -0.2) is 4.98 Å². The highest BCUT2D eigenvalue weighted by Crippen LogP contribution is 2.22. The van der Waals surface area contributed by atoms with Crippen molar-refractivity contribution in [1.82, 2.24) is 14.3 Å². The first-order valence-corrected chi connectivity index (χ1v) is 5.95. The first-order valence-electron chi connectivity index (χ1n) is 5.20. The quantitative estimate of drug-likeness (QED) is 0.642. The third kappa shape index (κ3) is 2.49. The topological polar surface area (TPSA) is 37.6 Å². The number of fused-ring (bicyclic) bond motifs is 1. The Balaban J connectivity index is 2.49. The smallest absolute Gasteiger partial charge is 0.205 e. The monoisotopic (exact) mass is 283 g/mol. The predicted octanol–water partition coefficient (Wildman–Crippen LogP) is 2.90. The number of hydrogen-bond donors (Lipinski definition) is 0. The van der Waals surface area contributed by atoms with E-state index in [1.807, 2.05) is 14.1 Å². The zero-order valence-corrected chi connectivity index (χ0v) is 11.4. The number of ketones is 1. The third-order valence-corrected chi connectivity index (χ3v) is 2.79. The van der Waals surface area contributed by atoms with Crippen LogP contribution in [0.3, 0.4) is 0 Å². The Kier molecular flexibility index (Phi) is 3.59. The molecule has 94 valence electrons. The van der Waals surface area contributed by atoms with Crippen LogP contribution in [0.15, 0.2) is 30.7 Å². The Morgan fingerprint density at radius 3 is 2.83 bits per heavy atom. The second-order valence-corrected chi connectivity index (χ2v) is 4.83.